The van der Waals surface area contributed by atoms with Gasteiger partial charge in [-0.1, -0.05) is 15.5 Å². The Morgan fingerprint density at radius 1 is 1.47 bits per heavy atom. The lowest BCUT2D eigenvalue weighted by Gasteiger charge is -2.49. The summed E-state index contributed by atoms with van der Waals surface area (Å²) in [6, 6.07) is 2.19. The predicted octanol–water partition coefficient (Wildman–Crippen LogP) is -1.07. The van der Waals surface area contributed by atoms with Gasteiger partial charge in [0.15, 0.2) is 18.9 Å². The first kappa shape index (κ1) is 24.6. The first-order valence-electron chi connectivity index (χ1n) is 10.3. The van der Waals surface area contributed by atoms with Gasteiger partial charge in [0.05, 0.1) is 11.3 Å². The molecule has 2 aliphatic heterocycles. The highest BCUT2D eigenvalue weighted by atomic mass is 32.2. The van der Waals surface area contributed by atoms with Crippen LogP contribution >= 0.6 is 11.8 Å². The number of nitrogen functional groups attached to an aromatic ring is 1. The fourth-order valence-electron chi connectivity index (χ4n) is 3.73. The molecular formula is C20H21N8O7S+. The molecule has 1 fully saturated rings. The first-order valence-corrected chi connectivity index (χ1v) is 11.4. The van der Waals surface area contributed by atoms with E-state index in [1.165, 1.54) is 18.9 Å². The fourth-order valence-corrected chi connectivity index (χ4v) is 5.07. The molecule has 36 heavy (non-hydrogen) atoms. The van der Waals surface area contributed by atoms with Crippen LogP contribution in [0.25, 0.3) is 0 Å². The number of carbonyl (C=O) groups is 3. The number of hydrogen-bond donors (Lipinski definition) is 4. The molecule has 0 bridgehead atoms. The molecule has 1 unspecified atom stereocenters. The van der Waals surface area contributed by atoms with Crippen molar-refractivity contribution in [2.75, 3.05) is 18.6 Å². The lowest BCUT2D eigenvalue weighted by molar-refractivity contribution is -0.689. The molecule has 15 nitrogen and oxygen atoms in total. The molecule has 4 rings (SSSR count). The molecule has 1 saturated heterocycles. The van der Waals surface area contributed by atoms with Crippen LogP contribution in [-0.2, 0) is 25.8 Å². The van der Waals surface area contributed by atoms with Gasteiger partial charge in [0.1, 0.15) is 24.2 Å². The van der Waals surface area contributed by atoms with E-state index in [0.717, 1.165) is 4.90 Å². The van der Waals surface area contributed by atoms with Crippen molar-refractivity contribution in [2.24, 2.45) is 10.3 Å². The third-order valence-electron chi connectivity index (χ3n) is 5.39. The van der Waals surface area contributed by atoms with Crippen LogP contribution in [0.2, 0.25) is 0 Å². The highest BCUT2D eigenvalue weighted by molar-refractivity contribution is 8.00. The Kier molecular flexibility index (Phi) is 6.86. The number of thioether (sulfide) groups is 1. The number of aromatic nitrogens is 3. The van der Waals surface area contributed by atoms with Crippen LogP contribution in [0.15, 0.2) is 50.6 Å². The average molecular weight is 518 g/mol. The smallest absolute Gasteiger partial charge is 0.352 e. The molecule has 2 atom stereocenters. The molecule has 0 saturated carbocycles. The van der Waals surface area contributed by atoms with Gasteiger partial charge in [-0.25, -0.2) is 9.36 Å². The summed E-state index contributed by atoms with van der Waals surface area (Å²) < 4.78 is 6.38. The minimum atomic E-state index is -1.26. The van der Waals surface area contributed by atoms with Crippen LogP contribution in [0.4, 0.5) is 6.01 Å². The van der Waals surface area contributed by atoms with E-state index in [1.54, 1.807) is 36.0 Å². The van der Waals surface area contributed by atoms with E-state index in [2.05, 4.69) is 35.1 Å². The van der Waals surface area contributed by atoms with Crippen molar-refractivity contribution in [1.29, 1.82) is 0 Å². The molecule has 188 valence electrons. The molecule has 2 aromatic rings. The molecule has 4 heterocycles. The van der Waals surface area contributed by atoms with E-state index in [9.17, 15) is 19.5 Å². The summed E-state index contributed by atoms with van der Waals surface area (Å²) in [5.41, 5.74) is 6.44. The topological polar surface area (TPSA) is 210 Å². The zero-order valence-electron chi connectivity index (χ0n) is 19.0. The second kappa shape index (κ2) is 10.0. The van der Waals surface area contributed by atoms with Crippen LogP contribution in [0.1, 0.15) is 18.3 Å². The Bertz CT molecular complexity index is 1320. The van der Waals surface area contributed by atoms with Gasteiger partial charge < -0.3 is 30.7 Å². The molecular weight excluding hydrogens is 496 g/mol. The van der Waals surface area contributed by atoms with Crippen LogP contribution in [0.3, 0.4) is 0 Å². The number of hydrogen-bond acceptors (Lipinski definition) is 12. The number of oxime groups is 2. The number of nitrogens with one attached hydrogen (secondary N) is 1. The maximum atomic E-state index is 13.0. The number of pyridine rings is 1. The molecule has 0 spiro atoms. The molecule has 0 aromatic carbocycles. The summed E-state index contributed by atoms with van der Waals surface area (Å²) in [7, 11) is 1.21. The summed E-state index contributed by atoms with van der Waals surface area (Å²) in [6.07, 6.45) is 3.44. The van der Waals surface area contributed by atoms with Gasteiger partial charge >= 0.3 is 12.0 Å². The Labute approximate surface area is 207 Å². The Hall–Kier alpha value is -4.47. The third kappa shape index (κ3) is 4.57. The number of aliphatic carboxylic acids is 1. The zero-order valence-corrected chi connectivity index (χ0v) is 19.8. The normalized spacial score (nSPS) is 20.1. The quantitative estimate of drug-likeness (QED) is 0.109. The number of nitrogens with zero attached hydrogens (tertiary/aromatic N) is 6. The van der Waals surface area contributed by atoms with Gasteiger partial charge in [0.25, 0.3) is 11.8 Å². The molecule has 5 N–H and O–H groups in total. The Balaban J connectivity index is 1.54. The lowest BCUT2D eigenvalue weighted by Crippen LogP contribution is -2.71. The average Bonchev–Trinajstić information content (AvgIpc) is 3.30. The molecule has 2 aliphatic rings. The van der Waals surface area contributed by atoms with Gasteiger partial charge in [-0.2, -0.15) is 4.98 Å². The monoisotopic (exact) mass is 517 g/mol. The van der Waals surface area contributed by atoms with Crippen LogP contribution < -0.4 is 15.6 Å². The van der Waals surface area contributed by atoms with Gasteiger partial charge in [-0.3, -0.25) is 14.5 Å². The number of carbonyl (C=O) groups excluding carboxylic acids is 2. The van der Waals surface area contributed by atoms with E-state index in [-0.39, 0.29) is 29.8 Å². The summed E-state index contributed by atoms with van der Waals surface area (Å²) in [5.74, 6) is -2.62. The maximum Gasteiger partial charge on any atom is 0.352 e. The SMILES string of the molecule is CO/N=C(\C(=O)NC1C(=O)N2C(C(=O)O)=C(C[n+]3cccc(C(C)=NO)c3)CS[C@@H]12)c1noc(N)n1. The van der Waals surface area contributed by atoms with Gasteiger partial charge in [0.2, 0.25) is 11.5 Å². The summed E-state index contributed by atoms with van der Waals surface area (Å²) in [5, 5.41) is 31.1. The van der Waals surface area contributed by atoms with E-state index < -0.39 is 29.2 Å². The summed E-state index contributed by atoms with van der Waals surface area (Å²) in [6.45, 7) is 1.82. The molecule has 0 radical (unpaired) electrons. The van der Waals surface area contributed by atoms with Crippen molar-refractivity contribution in [3.63, 3.8) is 0 Å². The summed E-state index contributed by atoms with van der Waals surface area (Å²) in [4.78, 5) is 47.4. The van der Waals surface area contributed by atoms with E-state index >= 15 is 0 Å². The van der Waals surface area contributed by atoms with Gasteiger partial charge in [-0.05, 0) is 13.0 Å². The highest BCUT2D eigenvalue weighted by Crippen LogP contribution is 2.40. The van der Waals surface area contributed by atoms with E-state index in [1.807, 2.05) is 0 Å². The van der Waals surface area contributed by atoms with Crippen molar-refractivity contribution in [2.45, 2.75) is 24.9 Å². The van der Waals surface area contributed by atoms with Crippen molar-refractivity contribution >= 4 is 47.0 Å². The van der Waals surface area contributed by atoms with E-state index in [4.69, 9.17) is 10.9 Å². The minimum absolute atomic E-state index is 0.142. The lowest BCUT2D eigenvalue weighted by atomic mass is 10.0. The number of carboxylic acid groups (broad SMARTS) is 1. The van der Waals surface area contributed by atoms with E-state index in [0.29, 0.717) is 22.6 Å². The number of anilines is 1. The van der Waals surface area contributed by atoms with Crippen molar-refractivity contribution in [3.05, 3.63) is 47.2 Å². The van der Waals surface area contributed by atoms with Crippen LogP contribution in [0, 0.1) is 0 Å². The zero-order chi connectivity index (χ0) is 26.0. The van der Waals surface area contributed by atoms with Crippen LogP contribution in [0.5, 0.6) is 0 Å². The number of β-lactam (4-membered cyclic amide) rings is 1. The predicted molar refractivity (Wildman–Crippen MR) is 123 cm³/mol. The number of amides is 2. The molecule has 2 amide bonds. The van der Waals surface area contributed by atoms with Gasteiger partial charge in [0, 0.05) is 17.4 Å². The van der Waals surface area contributed by atoms with Crippen molar-refractivity contribution in [3.8, 4) is 0 Å². The first-order chi connectivity index (χ1) is 17.2. The summed E-state index contributed by atoms with van der Waals surface area (Å²) >= 11 is 1.31. The largest absolute Gasteiger partial charge is 0.477 e. The number of rotatable bonds is 8. The van der Waals surface area contributed by atoms with Crippen molar-refractivity contribution in [1.82, 2.24) is 20.4 Å². The highest BCUT2D eigenvalue weighted by Gasteiger charge is 2.55. The fraction of sp³-hybridized carbons (Fsp3) is 0.300. The van der Waals surface area contributed by atoms with Crippen LogP contribution in [-0.4, -0.2) is 78.8 Å². The Morgan fingerprint density at radius 3 is 2.89 bits per heavy atom. The maximum absolute atomic E-state index is 13.0. The standard InChI is InChI=1S/C20H20N8O7S/c1-9(24-33)10-4-3-5-27(6-10)7-11-8-36-18-13(17(30)28(18)14(11)19(31)32)22-16(29)12(25-34-2)15-23-20(21)35-26-15/h3-6,13,18H,7-8H2,1-2H3,(H4-,21,22,23,26,29,31,32,33)/p+1/b24-9?,25-12-/t13?,18-/m0/s1. The second-order valence-electron chi connectivity index (χ2n) is 7.65. The molecule has 2 aromatic heterocycles. The molecule has 0 aliphatic carbocycles. The Morgan fingerprint density at radius 2 is 2.25 bits per heavy atom. The second-order valence-corrected chi connectivity index (χ2v) is 8.75. The number of fused-ring (bicyclic) bond motifs is 1. The van der Waals surface area contributed by atoms with Crippen molar-refractivity contribution < 1.29 is 38.6 Å². The molecule has 16 heteroatoms. The number of carboxylic acids is 1. The third-order valence-corrected chi connectivity index (χ3v) is 6.73. The van der Waals surface area contributed by atoms with Gasteiger partial charge in [-0.15, -0.1) is 11.8 Å². The number of nitrogens with two attached hydrogens (primary N) is 1. The minimum Gasteiger partial charge on any atom is -0.477 e.